The largest absolute Gasteiger partial charge is 0.414 e. The van der Waals surface area contributed by atoms with E-state index in [-0.39, 0.29) is 28.5 Å². The zero-order valence-electron chi connectivity index (χ0n) is 21.2. The molecule has 0 saturated carbocycles. The van der Waals surface area contributed by atoms with E-state index in [0.29, 0.717) is 6.61 Å². The molecule has 3 rings (SSSR count). The first-order valence-electron chi connectivity index (χ1n) is 11.3. The van der Waals surface area contributed by atoms with Crippen LogP contribution in [-0.2, 0) is 13.6 Å². The number of rotatable bonds is 6. The molecule has 0 unspecified atom stereocenters. The minimum absolute atomic E-state index is 0.0241. The molecule has 0 bridgehead atoms. The van der Waals surface area contributed by atoms with Gasteiger partial charge >= 0.3 is 0 Å². The van der Waals surface area contributed by atoms with Gasteiger partial charge in [0.05, 0.1) is 19.0 Å². The van der Waals surface area contributed by atoms with Crippen LogP contribution in [0.3, 0.4) is 0 Å². The van der Waals surface area contributed by atoms with E-state index >= 15 is 0 Å². The van der Waals surface area contributed by atoms with Gasteiger partial charge in [0.2, 0.25) is 0 Å². The summed E-state index contributed by atoms with van der Waals surface area (Å²) >= 11 is 2.20. The second-order valence-electron chi connectivity index (χ2n) is 11.8. The molecule has 2 aromatic heterocycles. The highest BCUT2D eigenvalue weighted by Gasteiger charge is 2.46. The third kappa shape index (κ3) is 5.30. The van der Waals surface area contributed by atoms with E-state index in [1.807, 2.05) is 10.9 Å². The van der Waals surface area contributed by atoms with Crippen molar-refractivity contribution in [2.75, 3.05) is 6.61 Å². The standard InChI is InChI=1S/C22H39IN4O3Si2/c1-21(2,3)31(7,8)28-12-16-15(30-32(9,10)22(4,5)6)11-17(29-16)27-14-26-18-19(23)24-13-25-20(18)27/h13-17H,11-12H2,1-10H3/t15-,16+,17+/m0/s1. The van der Waals surface area contributed by atoms with Crippen LogP contribution in [0.15, 0.2) is 12.7 Å². The fourth-order valence-corrected chi connectivity index (χ4v) is 6.12. The molecule has 2 aromatic rings. The molecule has 7 nitrogen and oxygen atoms in total. The molecule has 0 amide bonds. The first-order chi connectivity index (χ1) is 14.5. The van der Waals surface area contributed by atoms with E-state index in [0.717, 1.165) is 21.3 Å². The summed E-state index contributed by atoms with van der Waals surface area (Å²) in [6, 6.07) is 0. The number of nitrogens with zero attached hydrogens (tertiary/aromatic N) is 4. The van der Waals surface area contributed by atoms with Crippen LogP contribution in [0.2, 0.25) is 36.3 Å². The smallest absolute Gasteiger partial charge is 0.192 e. The van der Waals surface area contributed by atoms with Crippen LogP contribution in [0.1, 0.15) is 54.2 Å². The van der Waals surface area contributed by atoms with Crippen molar-refractivity contribution in [1.29, 1.82) is 0 Å². The zero-order chi connectivity index (χ0) is 24.1. The summed E-state index contributed by atoms with van der Waals surface area (Å²) in [4.78, 5) is 13.3. The van der Waals surface area contributed by atoms with Crippen molar-refractivity contribution in [1.82, 2.24) is 19.5 Å². The molecule has 0 spiro atoms. The summed E-state index contributed by atoms with van der Waals surface area (Å²) in [5.74, 6) is 0. The monoisotopic (exact) mass is 590 g/mol. The maximum atomic E-state index is 6.87. The van der Waals surface area contributed by atoms with Crippen molar-refractivity contribution in [2.24, 2.45) is 0 Å². The summed E-state index contributed by atoms with van der Waals surface area (Å²) in [6.07, 6.45) is 3.81. The minimum atomic E-state index is -1.98. The molecule has 0 aliphatic carbocycles. The van der Waals surface area contributed by atoms with Crippen molar-refractivity contribution in [3.05, 3.63) is 16.4 Å². The summed E-state index contributed by atoms with van der Waals surface area (Å²) in [5.41, 5.74) is 1.60. The Morgan fingerprint density at radius 1 is 1.03 bits per heavy atom. The summed E-state index contributed by atoms with van der Waals surface area (Å²) in [7, 11) is -3.88. The molecule has 32 heavy (non-hydrogen) atoms. The van der Waals surface area contributed by atoms with Gasteiger partial charge in [-0.2, -0.15) is 0 Å². The van der Waals surface area contributed by atoms with E-state index in [1.54, 1.807) is 6.33 Å². The lowest BCUT2D eigenvalue weighted by atomic mass is 10.2. The number of ether oxygens (including phenoxy) is 1. The highest BCUT2D eigenvalue weighted by molar-refractivity contribution is 14.1. The van der Waals surface area contributed by atoms with Crippen LogP contribution in [0.4, 0.5) is 0 Å². The van der Waals surface area contributed by atoms with Crippen LogP contribution in [-0.4, -0.2) is 55.0 Å². The molecule has 0 N–H and O–H groups in total. The zero-order valence-corrected chi connectivity index (χ0v) is 25.4. The lowest BCUT2D eigenvalue weighted by molar-refractivity contribution is -0.0383. The molecule has 1 aliphatic heterocycles. The topological polar surface area (TPSA) is 71.3 Å². The average Bonchev–Trinajstić information content (AvgIpc) is 3.22. The van der Waals surface area contributed by atoms with Gasteiger partial charge in [-0.05, 0) is 58.9 Å². The fraction of sp³-hybridized carbons (Fsp3) is 0.773. The van der Waals surface area contributed by atoms with Gasteiger partial charge < -0.3 is 13.6 Å². The van der Waals surface area contributed by atoms with Gasteiger partial charge in [0.1, 0.15) is 27.9 Å². The van der Waals surface area contributed by atoms with E-state index in [2.05, 4.69) is 105 Å². The van der Waals surface area contributed by atoms with Crippen molar-refractivity contribution >= 4 is 50.4 Å². The summed E-state index contributed by atoms with van der Waals surface area (Å²) < 4.78 is 22.9. The van der Waals surface area contributed by atoms with E-state index < -0.39 is 16.6 Å². The third-order valence-electron chi connectivity index (χ3n) is 7.47. The molecule has 10 heteroatoms. The Kier molecular flexibility index (Phi) is 7.36. The molecule has 180 valence electrons. The van der Waals surface area contributed by atoms with Crippen LogP contribution in [0.25, 0.3) is 11.2 Å². The van der Waals surface area contributed by atoms with E-state index in [4.69, 9.17) is 13.6 Å². The Morgan fingerprint density at radius 2 is 1.66 bits per heavy atom. The van der Waals surface area contributed by atoms with Gasteiger partial charge in [-0.3, -0.25) is 4.57 Å². The second kappa shape index (κ2) is 8.99. The number of fused-ring (bicyclic) bond motifs is 1. The lowest BCUT2D eigenvalue weighted by Crippen LogP contribution is -2.48. The molecule has 1 aliphatic rings. The first-order valence-corrected chi connectivity index (χ1v) is 18.2. The number of halogens is 1. The minimum Gasteiger partial charge on any atom is -0.414 e. The predicted molar refractivity (Wildman–Crippen MR) is 142 cm³/mol. The Labute approximate surface area is 208 Å². The van der Waals surface area contributed by atoms with Gasteiger partial charge in [-0.25, -0.2) is 15.0 Å². The number of aromatic nitrogens is 4. The molecule has 3 atom stereocenters. The molecule has 0 aromatic carbocycles. The molecular weight excluding hydrogens is 551 g/mol. The Hall–Kier alpha value is -0.406. The van der Waals surface area contributed by atoms with E-state index in [9.17, 15) is 0 Å². The molecule has 1 saturated heterocycles. The van der Waals surface area contributed by atoms with Crippen LogP contribution >= 0.6 is 22.6 Å². The Balaban J connectivity index is 1.87. The summed E-state index contributed by atoms with van der Waals surface area (Å²) in [5, 5.41) is 0.274. The second-order valence-corrected chi connectivity index (χ2v) is 22.4. The van der Waals surface area contributed by atoms with Gasteiger partial charge in [-0.15, -0.1) is 0 Å². The van der Waals surface area contributed by atoms with Gasteiger partial charge in [0.15, 0.2) is 22.3 Å². The third-order valence-corrected chi connectivity index (χ3v) is 17.3. The van der Waals surface area contributed by atoms with Gasteiger partial charge in [0.25, 0.3) is 0 Å². The van der Waals surface area contributed by atoms with Crippen LogP contribution < -0.4 is 0 Å². The van der Waals surface area contributed by atoms with Crippen LogP contribution in [0, 0.1) is 3.70 Å². The molecule has 1 fully saturated rings. The Bertz CT molecular complexity index is 953. The van der Waals surface area contributed by atoms with E-state index in [1.165, 1.54) is 0 Å². The highest BCUT2D eigenvalue weighted by atomic mass is 127. The predicted octanol–water partition coefficient (Wildman–Crippen LogP) is 6.13. The van der Waals surface area contributed by atoms with Crippen molar-refractivity contribution in [3.8, 4) is 0 Å². The maximum absolute atomic E-state index is 6.87. The normalized spacial score (nSPS) is 23.3. The average molecular weight is 591 g/mol. The quantitative estimate of drug-likeness (QED) is 0.229. The van der Waals surface area contributed by atoms with Crippen molar-refractivity contribution < 1.29 is 13.6 Å². The molecule has 0 radical (unpaired) electrons. The number of hydrogen-bond donors (Lipinski definition) is 0. The molecule has 3 heterocycles. The first kappa shape index (κ1) is 26.2. The van der Waals surface area contributed by atoms with Crippen molar-refractivity contribution in [3.63, 3.8) is 0 Å². The lowest BCUT2D eigenvalue weighted by Gasteiger charge is -2.40. The Morgan fingerprint density at radius 3 is 2.25 bits per heavy atom. The SMILES string of the molecule is CC(C)(C)[Si](C)(C)OC[C@H]1O[C@@H](n2cnc3c(I)ncnc32)C[C@@H]1O[Si](C)(C)C(C)(C)C. The number of imidazole rings is 1. The fourth-order valence-electron chi connectivity index (χ4n) is 3.24. The number of hydrogen-bond acceptors (Lipinski definition) is 6. The van der Waals surface area contributed by atoms with Crippen molar-refractivity contribution in [2.45, 2.75) is 103 Å². The maximum Gasteiger partial charge on any atom is 0.192 e. The summed E-state index contributed by atoms with van der Waals surface area (Å²) in [6.45, 7) is 23.3. The molecular formula is C22H39IN4O3Si2. The highest BCUT2D eigenvalue weighted by Crippen LogP contribution is 2.42. The van der Waals surface area contributed by atoms with Gasteiger partial charge in [-0.1, -0.05) is 41.5 Å². The van der Waals surface area contributed by atoms with Crippen LogP contribution in [0.5, 0.6) is 0 Å². The van der Waals surface area contributed by atoms with Gasteiger partial charge in [0, 0.05) is 6.42 Å².